The number of nitrogens with one attached hydrogen (secondary N) is 1. The first-order valence-electron chi connectivity index (χ1n) is 4.46. The topological polar surface area (TPSA) is 12.0 Å². The Morgan fingerprint density at radius 2 is 1.92 bits per heavy atom. The molecular formula is C10H11NS. The van der Waals surface area contributed by atoms with Crippen LogP contribution in [0.5, 0.6) is 0 Å². The average molecular weight is 177 g/mol. The quantitative estimate of drug-likeness (QED) is 0.611. The second-order valence-corrected chi connectivity index (χ2v) is 4.30. The Bertz CT molecular complexity index is 273. The van der Waals surface area contributed by atoms with Crippen LogP contribution in [-0.4, -0.2) is 0 Å². The van der Waals surface area contributed by atoms with E-state index in [2.05, 4.69) is 16.9 Å². The minimum atomic E-state index is 1.14. The maximum Gasteiger partial charge on any atom is 0.0484 e. The summed E-state index contributed by atoms with van der Waals surface area (Å²) < 4.78 is 3.35. The first-order valence-corrected chi connectivity index (χ1v) is 5.44. The minimum absolute atomic E-state index is 1.14. The summed E-state index contributed by atoms with van der Waals surface area (Å²) in [4.78, 5) is 0. The van der Waals surface area contributed by atoms with Gasteiger partial charge in [-0.25, -0.2) is 0 Å². The van der Waals surface area contributed by atoms with Crippen molar-refractivity contribution in [2.75, 3.05) is 4.72 Å². The van der Waals surface area contributed by atoms with Gasteiger partial charge in [0.2, 0.25) is 0 Å². The van der Waals surface area contributed by atoms with E-state index < -0.39 is 0 Å². The van der Waals surface area contributed by atoms with E-state index in [9.17, 15) is 0 Å². The standard InChI is InChI=1S/C10H11NS/c1-2-7-4-9-6-12-11-10(9)5-8(7)3-1/h4-5,11H,1-3,6H2. The summed E-state index contributed by atoms with van der Waals surface area (Å²) in [6.45, 7) is 0. The monoisotopic (exact) mass is 177 g/mol. The third-order valence-corrected chi connectivity index (χ3v) is 3.55. The highest BCUT2D eigenvalue weighted by Gasteiger charge is 2.17. The van der Waals surface area contributed by atoms with Crippen LogP contribution in [0.4, 0.5) is 5.69 Å². The zero-order chi connectivity index (χ0) is 7.97. The Balaban J connectivity index is 2.18. The number of rotatable bonds is 0. The maximum atomic E-state index is 3.35. The largest absolute Gasteiger partial charge is 0.329 e. The molecule has 1 aliphatic carbocycles. The number of hydrogen-bond donors (Lipinski definition) is 1. The van der Waals surface area contributed by atoms with Gasteiger partial charge in [-0.15, -0.1) is 0 Å². The Hall–Kier alpha value is -0.630. The average Bonchev–Trinajstić information content (AvgIpc) is 2.64. The zero-order valence-corrected chi connectivity index (χ0v) is 7.71. The molecule has 0 atom stereocenters. The number of benzene rings is 1. The second-order valence-electron chi connectivity index (χ2n) is 3.52. The minimum Gasteiger partial charge on any atom is -0.329 e. The van der Waals surface area contributed by atoms with Gasteiger partial charge in [-0.05, 0) is 54.0 Å². The fourth-order valence-electron chi connectivity index (χ4n) is 2.08. The van der Waals surface area contributed by atoms with E-state index in [-0.39, 0.29) is 0 Å². The number of fused-ring (bicyclic) bond motifs is 2. The van der Waals surface area contributed by atoms with E-state index >= 15 is 0 Å². The molecule has 1 aromatic rings. The van der Waals surface area contributed by atoms with Gasteiger partial charge in [0.05, 0.1) is 0 Å². The lowest BCUT2D eigenvalue weighted by atomic mass is 10.1. The Morgan fingerprint density at radius 1 is 1.08 bits per heavy atom. The number of aryl methyl sites for hydroxylation is 2. The molecule has 0 amide bonds. The van der Waals surface area contributed by atoms with E-state index in [1.165, 1.54) is 30.5 Å². The van der Waals surface area contributed by atoms with Gasteiger partial charge in [-0.1, -0.05) is 6.07 Å². The van der Waals surface area contributed by atoms with Crippen LogP contribution in [0.25, 0.3) is 0 Å². The molecule has 0 aromatic heterocycles. The van der Waals surface area contributed by atoms with E-state index in [0.29, 0.717) is 0 Å². The van der Waals surface area contributed by atoms with Crippen molar-refractivity contribution in [2.45, 2.75) is 25.0 Å². The first kappa shape index (κ1) is 6.84. The lowest BCUT2D eigenvalue weighted by Gasteiger charge is -2.02. The SMILES string of the molecule is c1c2c(cc3c1CSN3)CCC2. The lowest BCUT2D eigenvalue weighted by molar-refractivity contribution is 0.911. The molecule has 62 valence electrons. The summed E-state index contributed by atoms with van der Waals surface area (Å²) in [5, 5.41) is 0. The number of hydrogen-bond acceptors (Lipinski definition) is 2. The molecule has 0 saturated heterocycles. The van der Waals surface area contributed by atoms with Crippen molar-refractivity contribution in [1.82, 2.24) is 0 Å². The Morgan fingerprint density at radius 3 is 2.83 bits per heavy atom. The van der Waals surface area contributed by atoms with Crippen LogP contribution in [0.3, 0.4) is 0 Å². The molecule has 0 spiro atoms. The highest BCUT2D eigenvalue weighted by Crippen LogP contribution is 2.35. The molecule has 0 bridgehead atoms. The van der Waals surface area contributed by atoms with Crippen LogP contribution in [0.15, 0.2) is 12.1 Å². The molecule has 12 heavy (non-hydrogen) atoms. The van der Waals surface area contributed by atoms with Gasteiger partial charge in [-0.3, -0.25) is 0 Å². The lowest BCUT2D eigenvalue weighted by Crippen LogP contribution is -1.86. The van der Waals surface area contributed by atoms with Gasteiger partial charge >= 0.3 is 0 Å². The van der Waals surface area contributed by atoms with E-state index in [0.717, 1.165) is 5.75 Å². The van der Waals surface area contributed by atoms with Crippen LogP contribution in [0, 0.1) is 0 Å². The van der Waals surface area contributed by atoms with E-state index in [4.69, 9.17) is 0 Å². The Kier molecular flexibility index (Phi) is 1.38. The van der Waals surface area contributed by atoms with Gasteiger partial charge in [0, 0.05) is 11.4 Å². The fourth-order valence-corrected chi connectivity index (χ4v) is 2.89. The van der Waals surface area contributed by atoms with Crippen LogP contribution in [0.1, 0.15) is 23.1 Å². The van der Waals surface area contributed by atoms with Crippen molar-refractivity contribution in [2.24, 2.45) is 0 Å². The normalized spacial score (nSPS) is 18.7. The predicted molar refractivity (Wildman–Crippen MR) is 53.4 cm³/mol. The van der Waals surface area contributed by atoms with Crippen molar-refractivity contribution in [3.05, 3.63) is 28.8 Å². The van der Waals surface area contributed by atoms with Crippen molar-refractivity contribution in [1.29, 1.82) is 0 Å². The van der Waals surface area contributed by atoms with Crippen LogP contribution in [0.2, 0.25) is 0 Å². The molecule has 1 N–H and O–H groups in total. The molecule has 0 unspecified atom stereocenters. The maximum absolute atomic E-state index is 3.35. The van der Waals surface area contributed by atoms with Crippen LogP contribution in [-0.2, 0) is 18.6 Å². The molecule has 0 fully saturated rings. The summed E-state index contributed by atoms with van der Waals surface area (Å²) in [7, 11) is 0. The fraction of sp³-hybridized carbons (Fsp3) is 0.400. The van der Waals surface area contributed by atoms with Crippen LogP contribution >= 0.6 is 11.9 Å². The summed E-state index contributed by atoms with van der Waals surface area (Å²) in [6, 6.07) is 4.74. The third-order valence-electron chi connectivity index (χ3n) is 2.73. The Labute approximate surface area is 76.7 Å². The summed E-state index contributed by atoms with van der Waals surface area (Å²) in [5.41, 5.74) is 6.03. The molecule has 2 heteroatoms. The predicted octanol–water partition coefficient (Wildman–Crippen LogP) is 2.75. The molecule has 1 nitrogen and oxygen atoms in total. The summed E-state index contributed by atoms with van der Waals surface area (Å²) >= 11 is 1.80. The molecule has 0 radical (unpaired) electrons. The van der Waals surface area contributed by atoms with E-state index in [1.54, 1.807) is 23.1 Å². The molecule has 1 heterocycles. The third kappa shape index (κ3) is 0.876. The van der Waals surface area contributed by atoms with Gasteiger partial charge in [-0.2, -0.15) is 0 Å². The summed E-state index contributed by atoms with van der Waals surface area (Å²) in [6.07, 6.45) is 3.94. The molecule has 1 aliphatic heterocycles. The van der Waals surface area contributed by atoms with Gasteiger partial charge in [0.15, 0.2) is 0 Å². The van der Waals surface area contributed by atoms with Crippen molar-refractivity contribution < 1.29 is 0 Å². The summed E-state index contributed by atoms with van der Waals surface area (Å²) in [5.74, 6) is 1.14. The second kappa shape index (κ2) is 2.43. The molecule has 3 rings (SSSR count). The molecule has 1 aromatic carbocycles. The van der Waals surface area contributed by atoms with Crippen molar-refractivity contribution in [3.8, 4) is 0 Å². The van der Waals surface area contributed by atoms with E-state index in [1.807, 2.05) is 0 Å². The zero-order valence-electron chi connectivity index (χ0n) is 6.89. The van der Waals surface area contributed by atoms with Crippen LogP contribution < -0.4 is 4.72 Å². The molecular weight excluding hydrogens is 166 g/mol. The highest BCUT2D eigenvalue weighted by molar-refractivity contribution is 8.00. The van der Waals surface area contributed by atoms with Crippen molar-refractivity contribution >= 4 is 17.6 Å². The van der Waals surface area contributed by atoms with Gasteiger partial charge in [0.25, 0.3) is 0 Å². The molecule has 0 saturated carbocycles. The smallest absolute Gasteiger partial charge is 0.0484 e. The van der Waals surface area contributed by atoms with Gasteiger partial charge < -0.3 is 4.72 Å². The first-order chi connectivity index (χ1) is 5.93. The highest BCUT2D eigenvalue weighted by atomic mass is 32.2. The number of anilines is 1. The molecule has 2 aliphatic rings. The van der Waals surface area contributed by atoms with Gasteiger partial charge in [0.1, 0.15) is 0 Å². The van der Waals surface area contributed by atoms with Crippen molar-refractivity contribution in [3.63, 3.8) is 0 Å².